The molecule has 8 heteroatoms. The zero-order valence-electron chi connectivity index (χ0n) is 13.7. The van der Waals surface area contributed by atoms with Crippen molar-refractivity contribution in [1.29, 1.82) is 0 Å². The predicted molar refractivity (Wildman–Crippen MR) is 85.6 cm³/mol. The maximum absolute atomic E-state index is 12.0. The fourth-order valence-electron chi connectivity index (χ4n) is 2.25. The summed E-state index contributed by atoms with van der Waals surface area (Å²) in [5.74, 6) is -0.473. The highest BCUT2D eigenvalue weighted by atomic mass is 16.5. The van der Waals surface area contributed by atoms with Crippen LogP contribution in [0.2, 0.25) is 0 Å². The molecule has 2 N–H and O–H groups in total. The molecule has 0 aliphatic carbocycles. The Morgan fingerprint density at radius 2 is 2.08 bits per heavy atom. The molecule has 0 aromatic carbocycles. The maximum atomic E-state index is 12.0. The molecule has 8 nitrogen and oxygen atoms in total. The second-order valence-electron chi connectivity index (χ2n) is 5.71. The Kier molecular flexibility index (Phi) is 6.53. The van der Waals surface area contributed by atoms with Crippen molar-refractivity contribution < 1.29 is 19.2 Å². The molecule has 0 aliphatic heterocycles. The van der Waals surface area contributed by atoms with Crippen molar-refractivity contribution in [3.05, 3.63) is 35.5 Å². The van der Waals surface area contributed by atoms with Crippen LogP contribution in [-0.4, -0.2) is 38.5 Å². The molecule has 0 aliphatic rings. The minimum atomic E-state index is -0.768. The fourth-order valence-corrected chi connectivity index (χ4v) is 2.25. The number of carbonyl (C=O) groups excluding carboxylic acids is 1. The van der Waals surface area contributed by atoms with E-state index in [2.05, 4.69) is 15.6 Å². The average Bonchev–Trinajstić information content (AvgIpc) is 3.15. The molecule has 130 valence electrons. The second-order valence-corrected chi connectivity index (χ2v) is 5.71. The van der Waals surface area contributed by atoms with Crippen molar-refractivity contribution in [3.63, 3.8) is 0 Å². The number of aliphatic carboxylic acids is 1. The van der Waals surface area contributed by atoms with Crippen LogP contribution in [0.1, 0.15) is 53.9 Å². The van der Waals surface area contributed by atoms with E-state index in [9.17, 15) is 9.59 Å². The van der Waals surface area contributed by atoms with E-state index in [0.29, 0.717) is 25.3 Å². The first kappa shape index (κ1) is 17.7. The Morgan fingerprint density at radius 1 is 1.29 bits per heavy atom. The van der Waals surface area contributed by atoms with Gasteiger partial charge in [0.05, 0.1) is 6.20 Å². The number of hydrogen-bond donors (Lipinski definition) is 2. The lowest BCUT2D eigenvalue weighted by Gasteiger charge is -2.02. The lowest BCUT2D eigenvalue weighted by Crippen LogP contribution is -2.24. The van der Waals surface area contributed by atoms with Crippen molar-refractivity contribution in [3.8, 4) is 0 Å². The van der Waals surface area contributed by atoms with Gasteiger partial charge >= 0.3 is 5.97 Å². The van der Waals surface area contributed by atoms with Crippen LogP contribution >= 0.6 is 0 Å². The number of amides is 1. The molecule has 1 amide bonds. The molecule has 0 spiro atoms. The third-order valence-electron chi connectivity index (χ3n) is 3.47. The highest BCUT2D eigenvalue weighted by Crippen LogP contribution is 2.07. The van der Waals surface area contributed by atoms with Crippen LogP contribution < -0.4 is 5.32 Å². The van der Waals surface area contributed by atoms with E-state index in [4.69, 9.17) is 9.63 Å². The number of nitrogens with zero attached hydrogens (tertiary/aromatic N) is 3. The number of rotatable bonds is 10. The standard InChI is InChI=1S/C16H22N4O4/c1-12-9-18-20(10-12)11-13-8-14(19-24-13)16(23)17-7-5-3-2-4-6-15(21)22/h8-10H,2-7,11H2,1H3,(H,17,23)(H,21,22). The van der Waals surface area contributed by atoms with Crippen molar-refractivity contribution in [2.75, 3.05) is 6.54 Å². The van der Waals surface area contributed by atoms with E-state index in [1.807, 2.05) is 13.1 Å². The zero-order chi connectivity index (χ0) is 17.4. The van der Waals surface area contributed by atoms with Crippen molar-refractivity contribution in [1.82, 2.24) is 20.3 Å². The number of aryl methyl sites for hydroxylation is 1. The van der Waals surface area contributed by atoms with Gasteiger partial charge in [-0.25, -0.2) is 0 Å². The molecule has 0 saturated carbocycles. The van der Waals surface area contributed by atoms with Gasteiger partial charge in [0.15, 0.2) is 11.5 Å². The van der Waals surface area contributed by atoms with Gasteiger partial charge in [-0.2, -0.15) is 5.10 Å². The number of carboxylic acid groups (broad SMARTS) is 1. The zero-order valence-corrected chi connectivity index (χ0v) is 13.7. The fraction of sp³-hybridized carbons (Fsp3) is 0.500. The number of aromatic nitrogens is 3. The summed E-state index contributed by atoms with van der Waals surface area (Å²) in [6.07, 6.45) is 7.04. The molecule has 0 saturated heterocycles. The van der Waals surface area contributed by atoms with Gasteiger partial charge in [-0.1, -0.05) is 18.0 Å². The smallest absolute Gasteiger partial charge is 0.303 e. The van der Waals surface area contributed by atoms with Gasteiger partial charge in [0, 0.05) is 25.2 Å². The molecule has 0 atom stereocenters. The van der Waals surface area contributed by atoms with E-state index in [1.54, 1.807) is 16.9 Å². The molecular weight excluding hydrogens is 312 g/mol. The summed E-state index contributed by atoms with van der Waals surface area (Å²) in [6, 6.07) is 1.61. The predicted octanol–water partition coefficient (Wildman–Crippen LogP) is 1.99. The van der Waals surface area contributed by atoms with Crippen LogP contribution in [0, 0.1) is 6.92 Å². The summed E-state index contributed by atoms with van der Waals surface area (Å²) >= 11 is 0. The number of carbonyl (C=O) groups is 2. The second kappa shape index (κ2) is 8.85. The molecule has 0 fully saturated rings. The Hall–Kier alpha value is -2.64. The molecular formula is C16H22N4O4. The molecule has 0 bridgehead atoms. The topological polar surface area (TPSA) is 110 Å². The number of nitrogens with one attached hydrogen (secondary N) is 1. The van der Waals surface area contributed by atoms with Gasteiger partial charge in [-0.3, -0.25) is 14.3 Å². The SMILES string of the molecule is Cc1cnn(Cc2cc(C(=O)NCCCCCCC(=O)O)no2)c1. The Bertz CT molecular complexity index is 677. The van der Waals surface area contributed by atoms with Crippen LogP contribution in [0.25, 0.3) is 0 Å². The molecule has 2 aromatic rings. The molecule has 0 radical (unpaired) electrons. The van der Waals surface area contributed by atoms with Crippen LogP contribution in [0.3, 0.4) is 0 Å². The van der Waals surface area contributed by atoms with Gasteiger partial charge in [0.2, 0.25) is 0 Å². The van der Waals surface area contributed by atoms with Crippen LogP contribution in [0.5, 0.6) is 0 Å². The summed E-state index contributed by atoms with van der Waals surface area (Å²) < 4.78 is 6.87. The lowest BCUT2D eigenvalue weighted by molar-refractivity contribution is -0.137. The number of unbranched alkanes of at least 4 members (excludes halogenated alkanes) is 3. The van der Waals surface area contributed by atoms with Gasteiger partial charge < -0.3 is 14.9 Å². The first-order valence-electron chi connectivity index (χ1n) is 7.99. The first-order valence-corrected chi connectivity index (χ1v) is 7.99. The minimum Gasteiger partial charge on any atom is -0.481 e. The molecule has 2 heterocycles. The highest BCUT2D eigenvalue weighted by molar-refractivity contribution is 5.92. The molecule has 2 rings (SSSR count). The van der Waals surface area contributed by atoms with E-state index in [1.165, 1.54) is 0 Å². The van der Waals surface area contributed by atoms with E-state index < -0.39 is 5.97 Å². The van der Waals surface area contributed by atoms with E-state index >= 15 is 0 Å². The minimum absolute atomic E-state index is 0.198. The van der Waals surface area contributed by atoms with Crippen LogP contribution in [0.15, 0.2) is 23.0 Å². The third-order valence-corrected chi connectivity index (χ3v) is 3.47. The summed E-state index contributed by atoms with van der Waals surface area (Å²) in [7, 11) is 0. The van der Waals surface area contributed by atoms with Gasteiger partial charge in [-0.05, 0) is 25.3 Å². The Balaban J connectivity index is 1.66. The number of hydrogen-bond acceptors (Lipinski definition) is 5. The Labute approximate surface area is 139 Å². The monoisotopic (exact) mass is 334 g/mol. The third kappa shape index (κ3) is 5.86. The summed E-state index contributed by atoms with van der Waals surface area (Å²) in [5, 5.41) is 19.2. The quantitative estimate of drug-likeness (QED) is 0.643. The highest BCUT2D eigenvalue weighted by Gasteiger charge is 2.12. The first-order chi connectivity index (χ1) is 11.5. The Morgan fingerprint density at radius 3 is 2.79 bits per heavy atom. The van der Waals surface area contributed by atoms with Gasteiger partial charge in [0.1, 0.15) is 6.54 Å². The van der Waals surface area contributed by atoms with Crippen molar-refractivity contribution >= 4 is 11.9 Å². The molecule has 2 aromatic heterocycles. The van der Waals surface area contributed by atoms with E-state index in [0.717, 1.165) is 24.8 Å². The van der Waals surface area contributed by atoms with Gasteiger partial charge in [-0.15, -0.1) is 0 Å². The van der Waals surface area contributed by atoms with E-state index in [-0.39, 0.29) is 18.0 Å². The van der Waals surface area contributed by atoms with Gasteiger partial charge in [0.25, 0.3) is 5.91 Å². The van der Waals surface area contributed by atoms with Crippen LogP contribution in [0.4, 0.5) is 0 Å². The lowest BCUT2D eigenvalue weighted by atomic mass is 10.1. The summed E-state index contributed by atoms with van der Waals surface area (Å²) in [6.45, 7) is 2.91. The van der Waals surface area contributed by atoms with Crippen molar-refractivity contribution in [2.45, 2.75) is 45.6 Å². The summed E-state index contributed by atoms with van der Waals surface area (Å²) in [4.78, 5) is 22.3. The maximum Gasteiger partial charge on any atom is 0.303 e. The van der Waals surface area contributed by atoms with Crippen molar-refractivity contribution in [2.24, 2.45) is 0 Å². The number of carboxylic acids is 1. The normalized spacial score (nSPS) is 10.7. The molecule has 24 heavy (non-hydrogen) atoms. The van der Waals surface area contributed by atoms with Crippen LogP contribution in [-0.2, 0) is 11.3 Å². The average molecular weight is 334 g/mol. The largest absolute Gasteiger partial charge is 0.481 e. The summed E-state index contributed by atoms with van der Waals surface area (Å²) in [5.41, 5.74) is 1.30. The molecule has 0 unspecified atom stereocenters.